The van der Waals surface area contributed by atoms with Crippen LogP contribution < -0.4 is 10.2 Å². The molecule has 1 heterocycles. The topological polar surface area (TPSA) is 87.4 Å². The number of aromatic nitrogens is 1. The maximum atomic E-state index is 12.9. The molecule has 0 unspecified atom stereocenters. The molecule has 0 radical (unpaired) electrons. The quantitative estimate of drug-likeness (QED) is 0.403. The summed E-state index contributed by atoms with van der Waals surface area (Å²) in [4.78, 5) is 16.8. The minimum atomic E-state index is -0.582. The van der Waals surface area contributed by atoms with Crippen molar-refractivity contribution in [2.75, 3.05) is 12.0 Å². The summed E-state index contributed by atoms with van der Waals surface area (Å²) in [5.41, 5.74) is 3.31. The Bertz CT molecular complexity index is 1020. The van der Waals surface area contributed by atoms with E-state index >= 15 is 0 Å². The van der Waals surface area contributed by atoms with Crippen molar-refractivity contribution in [2.24, 2.45) is 5.10 Å². The van der Waals surface area contributed by atoms with Gasteiger partial charge in [0.05, 0.1) is 22.5 Å². The summed E-state index contributed by atoms with van der Waals surface area (Å²) in [5.74, 6) is -0.310. The largest absolute Gasteiger partial charge is 0.494 e. The van der Waals surface area contributed by atoms with Gasteiger partial charge in [-0.1, -0.05) is 0 Å². The Labute approximate surface area is 152 Å². The van der Waals surface area contributed by atoms with Crippen LogP contribution in [0.1, 0.15) is 16.7 Å². The Kier molecular flexibility index (Phi) is 5.20. The lowest BCUT2D eigenvalue weighted by Gasteiger charge is -2.00. The molecule has 0 atom stereocenters. The Morgan fingerprint density at radius 1 is 1.35 bits per heavy atom. The molecule has 0 spiro atoms. The van der Waals surface area contributed by atoms with Gasteiger partial charge in [0, 0.05) is 6.07 Å². The van der Waals surface area contributed by atoms with Crippen molar-refractivity contribution in [2.45, 2.75) is 6.92 Å². The molecule has 6 nitrogen and oxygen atoms in total. The highest BCUT2D eigenvalue weighted by atomic mass is 32.1. The van der Waals surface area contributed by atoms with Gasteiger partial charge in [0.15, 0.2) is 5.01 Å². The fourth-order valence-electron chi connectivity index (χ4n) is 2.13. The summed E-state index contributed by atoms with van der Waals surface area (Å²) in [6, 6.07) is 12.5. The monoisotopic (exact) mass is 368 g/mol. The van der Waals surface area contributed by atoms with Crippen LogP contribution in [0.3, 0.4) is 0 Å². The van der Waals surface area contributed by atoms with E-state index < -0.39 is 11.6 Å². The molecule has 1 aromatic heterocycles. The molecule has 0 saturated heterocycles. The number of halogens is 1. The third-order valence-electron chi connectivity index (χ3n) is 3.33. The van der Waals surface area contributed by atoms with Gasteiger partial charge in [-0.25, -0.2) is 9.37 Å². The van der Waals surface area contributed by atoms with Crippen molar-refractivity contribution in [3.63, 3.8) is 0 Å². The van der Waals surface area contributed by atoms with E-state index in [0.29, 0.717) is 23.6 Å². The van der Waals surface area contributed by atoms with E-state index in [-0.39, 0.29) is 10.7 Å². The third kappa shape index (κ3) is 3.84. The fourth-order valence-corrected chi connectivity index (χ4v) is 3.02. The highest BCUT2D eigenvalue weighted by molar-refractivity contribution is 7.21. The molecule has 130 valence electrons. The van der Waals surface area contributed by atoms with Crippen LogP contribution >= 0.6 is 11.3 Å². The van der Waals surface area contributed by atoms with Gasteiger partial charge >= 0.3 is 0 Å². The predicted octanol–water partition coefficient (Wildman–Crippen LogP) is 4.01. The highest BCUT2D eigenvalue weighted by Gasteiger charge is 2.19. The van der Waals surface area contributed by atoms with Crippen LogP contribution in [0.4, 0.5) is 10.1 Å². The normalized spacial score (nSPS) is 11.2. The van der Waals surface area contributed by atoms with Gasteiger partial charge in [0.25, 0.3) is 5.78 Å². The number of nitriles is 1. The number of ketones is 1. The van der Waals surface area contributed by atoms with Gasteiger partial charge < -0.3 is 4.74 Å². The zero-order valence-electron chi connectivity index (χ0n) is 13.7. The molecule has 0 bridgehead atoms. The van der Waals surface area contributed by atoms with Crippen molar-refractivity contribution < 1.29 is 13.9 Å². The van der Waals surface area contributed by atoms with Crippen molar-refractivity contribution in [3.05, 3.63) is 53.3 Å². The molecule has 2 aromatic carbocycles. The fraction of sp³-hybridized carbons (Fsp3) is 0.111. The minimum absolute atomic E-state index is 0.162. The number of nitrogens with zero attached hydrogens (tertiary/aromatic N) is 3. The first kappa shape index (κ1) is 17.5. The van der Waals surface area contributed by atoms with E-state index in [9.17, 15) is 14.4 Å². The lowest BCUT2D eigenvalue weighted by molar-refractivity contribution is 0.106. The van der Waals surface area contributed by atoms with E-state index in [1.807, 2.05) is 13.0 Å². The summed E-state index contributed by atoms with van der Waals surface area (Å²) < 4.78 is 19.1. The number of fused-ring (bicyclic) bond motifs is 1. The smallest absolute Gasteiger partial charge is 0.252 e. The standard InChI is InChI=1S/C18H13FN4O2S/c1-2-25-13-7-8-16-14(9-13)21-18(26-16)17(24)15(10-20)23-22-12-5-3-11(19)4-6-12/h3-9,22H,2H2,1H3/b23-15+. The van der Waals surface area contributed by atoms with E-state index in [1.54, 1.807) is 18.2 Å². The van der Waals surface area contributed by atoms with Crippen molar-refractivity contribution in [1.82, 2.24) is 4.98 Å². The van der Waals surface area contributed by atoms with Gasteiger partial charge in [-0.15, -0.1) is 11.3 Å². The van der Waals surface area contributed by atoms with E-state index in [0.717, 1.165) is 4.70 Å². The van der Waals surface area contributed by atoms with Crippen LogP contribution in [0.25, 0.3) is 10.2 Å². The number of nitrogens with one attached hydrogen (secondary N) is 1. The second-order valence-electron chi connectivity index (χ2n) is 5.10. The van der Waals surface area contributed by atoms with Crippen LogP contribution in [0.5, 0.6) is 5.75 Å². The van der Waals surface area contributed by atoms with Crippen LogP contribution in [-0.4, -0.2) is 23.1 Å². The minimum Gasteiger partial charge on any atom is -0.494 e. The molecule has 1 N–H and O–H groups in total. The molecular formula is C18H13FN4O2S. The molecule has 8 heteroatoms. The zero-order valence-corrected chi connectivity index (χ0v) is 14.5. The molecule has 3 aromatic rings. The van der Waals surface area contributed by atoms with Gasteiger partial charge in [-0.2, -0.15) is 10.4 Å². The predicted molar refractivity (Wildman–Crippen MR) is 98.2 cm³/mol. The zero-order chi connectivity index (χ0) is 18.5. The second kappa shape index (κ2) is 7.72. The van der Waals surface area contributed by atoms with Crippen LogP contribution in [0, 0.1) is 17.1 Å². The molecule has 3 rings (SSSR count). The Hall–Kier alpha value is -3.31. The number of thiazole rings is 1. The summed E-state index contributed by atoms with van der Waals surface area (Å²) in [5, 5.41) is 13.2. The molecule has 0 aliphatic carbocycles. The maximum Gasteiger partial charge on any atom is 0.252 e. The number of carbonyl (C=O) groups is 1. The number of rotatable bonds is 6. The molecule has 0 fully saturated rings. The van der Waals surface area contributed by atoms with Gasteiger partial charge in [-0.3, -0.25) is 10.2 Å². The van der Waals surface area contributed by atoms with Gasteiger partial charge in [0.1, 0.15) is 17.6 Å². The third-order valence-corrected chi connectivity index (χ3v) is 4.36. The van der Waals surface area contributed by atoms with Crippen LogP contribution in [0.15, 0.2) is 47.6 Å². The summed E-state index contributed by atoms with van der Waals surface area (Å²) in [6.07, 6.45) is 0. The molecular weight excluding hydrogens is 355 g/mol. The van der Waals surface area contributed by atoms with Gasteiger partial charge in [0.2, 0.25) is 5.71 Å². The average Bonchev–Trinajstić information content (AvgIpc) is 3.07. The van der Waals surface area contributed by atoms with Crippen molar-refractivity contribution >= 4 is 38.7 Å². The van der Waals surface area contributed by atoms with Crippen molar-refractivity contribution in [1.29, 1.82) is 5.26 Å². The number of hydrazone groups is 1. The molecule has 0 amide bonds. The Balaban J connectivity index is 1.83. The van der Waals surface area contributed by atoms with E-state index in [4.69, 9.17) is 4.74 Å². The number of Topliss-reactive ketones (excluding diaryl/α,β-unsaturated/α-hetero) is 1. The van der Waals surface area contributed by atoms with Gasteiger partial charge in [-0.05, 0) is 43.3 Å². The lowest BCUT2D eigenvalue weighted by Crippen LogP contribution is -2.14. The molecule has 0 saturated carbocycles. The molecule has 26 heavy (non-hydrogen) atoms. The SMILES string of the molecule is CCOc1ccc2sc(C(=O)/C(C#N)=N/Nc3ccc(F)cc3)nc2c1. The first-order chi connectivity index (χ1) is 12.6. The lowest BCUT2D eigenvalue weighted by atomic mass is 10.2. The Morgan fingerprint density at radius 3 is 2.81 bits per heavy atom. The van der Waals surface area contributed by atoms with Crippen LogP contribution in [-0.2, 0) is 0 Å². The van der Waals surface area contributed by atoms with E-state index in [2.05, 4.69) is 15.5 Å². The average molecular weight is 368 g/mol. The maximum absolute atomic E-state index is 12.9. The molecule has 0 aliphatic rings. The van der Waals surface area contributed by atoms with E-state index in [1.165, 1.54) is 35.6 Å². The second-order valence-corrected chi connectivity index (χ2v) is 6.13. The first-order valence-electron chi connectivity index (χ1n) is 7.68. The first-order valence-corrected chi connectivity index (χ1v) is 8.50. The number of carbonyl (C=O) groups excluding carboxylic acids is 1. The number of hydrogen-bond acceptors (Lipinski definition) is 7. The number of hydrogen-bond donors (Lipinski definition) is 1. The number of ether oxygens (including phenoxy) is 1. The number of benzene rings is 2. The Morgan fingerprint density at radius 2 is 2.12 bits per heavy atom. The molecule has 0 aliphatic heterocycles. The summed E-state index contributed by atoms with van der Waals surface area (Å²) >= 11 is 1.17. The summed E-state index contributed by atoms with van der Waals surface area (Å²) in [7, 11) is 0. The summed E-state index contributed by atoms with van der Waals surface area (Å²) in [6.45, 7) is 2.41. The number of anilines is 1. The highest BCUT2D eigenvalue weighted by Crippen LogP contribution is 2.26. The van der Waals surface area contributed by atoms with Crippen LogP contribution in [0.2, 0.25) is 0 Å². The van der Waals surface area contributed by atoms with Crippen molar-refractivity contribution in [3.8, 4) is 11.8 Å².